The second-order valence-corrected chi connectivity index (χ2v) is 3.05. The van der Waals surface area contributed by atoms with Crippen LogP contribution in [0.2, 0.25) is 0 Å². The lowest BCUT2D eigenvalue weighted by molar-refractivity contribution is 0.0997. The first-order chi connectivity index (χ1) is 6.16. The van der Waals surface area contributed by atoms with Gasteiger partial charge in [0.25, 0.3) is 0 Å². The zero-order valence-corrected chi connectivity index (χ0v) is 7.92. The van der Waals surface area contributed by atoms with Gasteiger partial charge in [-0.25, -0.2) is 0 Å². The van der Waals surface area contributed by atoms with Crippen LogP contribution in [-0.4, -0.2) is 5.78 Å². The summed E-state index contributed by atoms with van der Waals surface area (Å²) in [5, 5.41) is 0. The lowest BCUT2D eigenvalue weighted by Gasteiger charge is -2.05. The topological polar surface area (TPSA) is 17.1 Å². The third kappa shape index (κ3) is 1.97. The minimum absolute atomic E-state index is 0.0312. The molecule has 0 unspecified atom stereocenters. The standard InChI is InChI=1S/C12H12O/c1-4-6-12(13)11-8-5-7-9(2)10(11)3/h1,5,7-8H,6H2,2-3H3. The van der Waals surface area contributed by atoms with Crippen LogP contribution >= 0.6 is 0 Å². The Balaban J connectivity index is 3.09. The highest BCUT2D eigenvalue weighted by Crippen LogP contribution is 2.14. The average Bonchev–Trinajstić information content (AvgIpc) is 2.10. The number of terminal acetylenes is 1. The summed E-state index contributed by atoms with van der Waals surface area (Å²) >= 11 is 0. The quantitative estimate of drug-likeness (QED) is 0.495. The predicted molar refractivity (Wildman–Crippen MR) is 53.7 cm³/mol. The molecule has 0 aliphatic carbocycles. The molecular weight excluding hydrogens is 160 g/mol. The van der Waals surface area contributed by atoms with E-state index in [2.05, 4.69) is 5.92 Å². The SMILES string of the molecule is C#CCC(=O)c1cccc(C)c1C. The highest BCUT2D eigenvalue weighted by molar-refractivity contribution is 5.99. The molecule has 1 aromatic carbocycles. The maximum absolute atomic E-state index is 11.5. The molecule has 0 radical (unpaired) electrons. The van der Waals surface area contributed by atoms with Crippen molar-refractivity contribution in [1.82, 2.24) is 0 Å². The summed E-state index contributed by atoms with van der Waals surface area (Å²) in [6.07, 6.45) is 5.27. The van der Waals surface area contributed by atoms with E-state index in [4.69, 9.17) is 6.42 Å². The predicted octanol–water partition coefficient (Wildman–Crippen LogP) is 2.51. The molecule has 1 nitrogen and oxygen atoms in total. The van der Waals surface area contributed by atoms with Crippen molar-refractivity contribution in [3.8, 4) is 12.3 Å². The van der Waals surface area contributed by atoms with Crippen LogP contribution in [0.3, 0.4) is 0 Å². The van der Waals surface area contributed by atoms with Gasteiger partial charge in [-0.2, -0.15) is 0 Å². The molecule has 0 atom stereocenters. The molecule has 0 saturated heterocycles. The second kappa shape index (κ2) is 3.91. The van der Waals surface area contributed by atoms with Crippen LogP contribution in [0.5, 0.6) is 0 Å². The molecule has 0 aromatic heterocycles. The summed E-state index contributed by atoms with van der Waals surface area (Å²) in [7, 11) is 0. The summed E-state index contributed by atoms with van der Waals surface area (Å²) < 4.78 is 0. The van der Waals surface area contributed by atoms with Crippen molar-refractivity contribution in [3.63, 3.8) is 0 Å². The van der Waals surface area contributed by atoms with Gasteiger partial charge in [0.15, 0.2) is 5.78 Å². The van der Waals surface area contributed by atoms with Crippen molar-refractivity contribution in [1.29, 1.82) is 0 Å². The van der Waals surface area contributed by atoms with Crippen LogP contribution in [0.15, 0.2) is 18.2 Å². The van der Waals surface area contributed by atoms with Crippen LogP contribution in [0, 0.1) is 26.2 Å². The molecule has 0 fully saturated rings. The van der Waals surface area contributed by atoms with Gasteiger partial charge in [0.05, 0.1) is 6.42 Å². The van der Waals surface area contributed by atoms with E-state index < -0.39 is 0 Å². The van der Waals surface area contributed by atoms with Crippen molar-refractivity contribution in [3.05, 3.63) is 34.9 Å². The number of ketones is 1. The van der Waals surface area contributed by atoms with E-state index in [1.807, 2.05) is 32.0 Å². The van der Waals surface area contributed by atoms with Gasteiger partial charge < -0.3 is 0 Å². The van der Waals surface area contributed by atoms with Crippen LogP contribution in [0.4, 0.5) is 0 Å². The average molecular weight is 172 g/mol. The molecule has 0 saturated carbocycles. The summed E-state index contributed by atoms with van der Waals surface area (Å²) in [4.78, 5) is 11.5. The van der Waals surface area contributed by atoms with Gasteiger partial charge in [0.1, 0.15) is 0 Å². The monoisotopic (exact) mass is 172 g/mol. The van der Waals surface area contributed by atoms with E-state index in [0.717, 1.165) is 16.7 Å². The fourth-order valence-corrected chi connectivity index (χ4v) is 1.24. The molecular formula is C12H12O. The first kappa shape index (κ1) is 9.54. The molecule has 0 heterocycles. The van der Waals surface area contributed by atoms with Crippen LogP contribution < -0.4 is 0 Å². The molecule has 0 spiro atoms. The maximum Gasteiger partial charge on any atom is 0.174 e. The Bertz CT molecular complexity index is 369. The Morgan fingerprint density at radius 2 is 2.15 bits per heavy atom. The number of hydrogen-bond acceptors (Lipinski definition) is 1. The fourth-order valence-electron chi connectivity index (χ4n) is 1.24. The molecule has 0 aliphatic heterocycles. The van der Waals surface area contributed by atoms with Crippen molar-refractivity contribution in [2.75, 3.05) is 0 Å². The molecule has 0 N–H and O–H groups in total. The van der Waals surface area contributed by atoms with Crippen LogP contribution in [0.25, 0.3) is 0 Å². The van der Waals surface area contributed by atoms with Crippen LogP contribution in [0.1, 0.15) is 27.9 Å². The molecule has 1 heteroatoms. The zero-order chi connectivity index (χ0) is 9.84. The first-order valence-electron chi connectivity index (χ1n) is 4.19. The number of rotatable bonds is 2. The van der Waals surface area contributed by atoms with Crippen molar-refractivity contribution in [2.45, 2.75) is 20.3 Å². The number of aryl methyl sites for hydroxylation is 1. The Kier molecular flexibility index (Phi) is 2.87. The van der Waals surface area contributed by atoms with Gasteiger partial charge in [-0.05, 0) is 25.0 Å². The number of carbonyl (C=O) groups excluding carboxylic acids is 1. The summed E-state index contributed by atoms with van der Waals surface area (Å²) in [6.45, 7) is 3.93. The highest BCUT2D eigenvalue weighted by Gasteiger charge is 2.07. The van der Waals surface area contributed by atoms with Crippen LogP contribution in [-0.2, 0) is 0 Å². The Hall–Kier alpha value is -1.55. The van der Waals surface area contributed by atoms with Gasteiger partial charge in [0, 0.05) is 5.56 Å². The smallest absolute Gasteiger partial charge is 0.174 e. The lowest BCUT2D eigenvalue weighted by atomic mass is 9.99. The van der Waals surface area contributed by atoms with Crippen molar-refractivity contribution >= 4 is 5.78 Å². The molecule has 66 valence electrons. The van der Waals surface area contributed by atoms with Gasteiger partial charge in [-0.15, -0.1) is 6.42 Å². The molecule has 13 heavy (non-hydrogen) atoms. The highest BCUT2D eigenvalue weighted by atomic mass is 16.1. The first-order valence-corrected chi connectivity index (χ1v) is 4.19. The Morgan fingerprint density at radius 1 is 1.46 bits per heavy atom. The fraction of sp³-hybridized carbons (Fsp3) is 0.250. The largest absolute Gasteiger partial charge is 0.293 e. The maximum atomic E-state index is 11.5. The summed E-state index contributed by atoms with van der Waals surface area (Å²) in [5.41, 5.74) is 2.91. The zero-order valence-electron chi connectivity index (χ0n) is 7.92. The number of carbonyl (C=O) groups is 1. The van der Waals surface area contributed by atoms with Gasteiger partial charge in [0.2, 0.25) is 0 Å². The molecule has 0 amide bonds. The summed E-state index contributed by atoms with van der Waals surface area (Å²) in [5.74, 6) is 2.39. The molecule has 0 bridgehead atoms. The van der Waals surface area contributed by atoms with E-state index in [0.29, 0.717) is 0 Å². The minimum Gasteiger partial charge on any atom is -0.293 e. The van der Waals surface area contributed by atoms with Crippen molar-refractivity contribution < 1.29 is 4.79 Å². The Labute approximate surface area is 78.8 Å². The number of hydrogen-bond donors (Lipinski definition) is 0. The molecule has 1 aromatic rings. The summed E-state index contributed by atoms with van der Waals surface area (Å²) in [6, 6.07) is 5.69. The van der Waals surface area contributed by atoms with Gasteiger partial charge >= 0.3 is 0 Å². The van der Waals surface area contributed by atoms with Gasteiger partial charge in [-0.1, -0.05) is 24.1 Å². The van der Waals surface area contributed by atoms with E-state index in [1.54, 1.807) is 0 Å². The third-order valence-corrected chi connectivity index (χ3v) is 2.17. The second-order valence-electron chi connectivity index (χ2n) is 3.05. The lowest BCUT2D eigenvalue weighted by Crippen LogP contribution is -2.01. The normalized spacial score (nSPS) is 9.31. The van der Waals surface area contributed by atoms with E-state index >= 15 is 0 Å². The minimum atomic E-state index is 0.0312. The van der Waals surface area contributed by atoms with Gasteiger partial charge in [-0.3, -0.25) is 4.79 Å². The van der Waals surface area contributed by atoms with E-state index in [1.165, 1.54) is 0 Å². The number of Topliss-reactive ketones (excluding diaryl/α,β-unsaturated/α-hetero) is 1. The van der Waals surface area contributed by atoms with E-state index in [-0.39, 0.29) is 12.2 Å². The number of benzene rings is 1. The van der Waals surface area contributed by atoms with E-state index in [9.17, 15) is 4.79 Å². The Morgan fingerprint density at radius 3 is 2.77 bits per heavy atom. The molecule has 1 rings (SSSR count). The van der Waals surface area contributed by atoms with Crippen molar-refractivity contribution in [2.24, 2.45) is 0 Å². The third-order valence-electron chi connectivity index (χ3n) is 2.17. The molecule has 0 aliphatic rings.